The van der Waals surface area contributed by atoms with Crippen LogP contribution in [0.4, 0.5) is 15.3 Å². The average Bonchev–Trinajstić information content (AvgIpc) is 2.62. The molecule has 2 rings (SSSR count). The monoisotopic (exact) mass is 405 g/mol. The van der Waals surface area contributed by atoms with Gasteiger partial charge in [0.1, 0.15) is 11.4 Å². The first-order valence-electron chi connectivity index (χ1n) is 10.1. The number of alkyl carbamates (subject to hydrolysis) is 1. The largest absolute Gasteiger partial charge is 0.494 e. The van der Waals surface area contributed by atoms with Crippen molar-refractivity contribution in [3.05, 3.63) is 24.3 Å². The van der Waals surface area contributed by atoms with Crippen molar-refractivity contribution in [3.63, 3.8) is 0 Å². The lowest BCUT2D eigenvalue weighted by Gasteiger charge is -2.26. The fraction of sp³-hybridized carbons (Fsp3) is 0.571. The topological polar surface area (TPSA) is 97.0 Å². The molecule has 8 heteroatoms. The summed E-state index contributed by atoms with van der Waals surface area (Å²) in [6.45, 7) is 7.05. The van der Waals surface area contributed by atoms with Crippen LogP contribution in [0.5, 0.6) is 5.75 Å². The number of anilines is 1. The highest BCUT2D eigenvalue weighted by Gasteiger charge is 2.24. The smallest absolute Gasteiger partial charge is 0.407 e. The Morgan fingerprint density at radius 2 is 1.93 bits per heavy atom. The second kappa shape index (κ2) is 10.7. The van der Waals surface area contributed by atoms with Crippen LogP contribution in [0.15, 0.2) is 24.3 Å². The van der Waals surface area contributed by atoms with Gasteiger partial charge >= 0.3 is 12.1 Å². The van der Waals surface area contributed by atoms with E-state index in [1.54, 1.807) is 6.07 Å². The first kappa shape index (κ1) is 22.5. The maximum Gasteiger partial charge on any atom is 0.407 e. The molecule has 1 aromatic carbocycles. The molecule has 0 aromatic heterocycles. The second-order valence-corrected chi connectivity index (χ2v) is 7.94. The number of urea groups is 1. The molecular weight excluding hydrogens is 374 g/mol. The third-order valence-corrected chi connectivity index (χ3v) is 4.19. The van der Waals surface area contributed by atoms with Crippen LogP contribution in [-0.2, 0) is 9.53 Å². The van der Waals surface area contributed by atoms with Gasteiger partial charge < -0.3 is 14.8 Å². The molecule has 0 bridgehead atoms. The molecule has 0 unspecified atom stereocenters. The van der Waals surface area contributed by atoms with E-state index in [0.717, 1.165) is 25.7 Å². The molecule has 1 aromatic rings. The lowest BCUT2D eigenvalue weighted by Crippen LogP contribution is -2.49. The number of hydrogen-bond acceptors (Lipinski definition) is 5. The number of rotatable bonds is 9. The van der Waals surface area contributed by atoms with E-state index in [4.69, 9.17) is 9.47 Å². The molecule has 0 aliphatic carbocycles. The highest BCUT2D eigenvalue weighted by Crippen LogP contribution is 2.23. The number of carbonyl (C=O) groups excluding carboxylic acids is 3. The first-order valence-corrected chi connectivity index (χ1v) is 10.1. The summed E-state index contributed by atoms with van der Waals surface area (Å²) in [5, 5.41) is 5.06. The third-order valence-electron chi connectivity index (χ3n) is 4.19. The van der Waals surface area contributed by atoms with E-state index in [-0.39, 0.29) is 12.0 Å². The van der Waals surface area contributed by atoms with Crippen molar-refractivity contribution >= 4 is 23.7 Å². The number of unbranched alkanes of at least 4 members (excludes halogenated alkanes) is 3. The second-order valence-electron chi connectivity index (χ2n) is 7.94. The molecule has 0 atom stereocenters. The van der Waals surface area contributed by atoms with E-state index >= 15 is 0 Å². The van der Waals surface area contributed by atoms with Crippen molar-refractivity contribution in [1.82, 2.24) is 10.6 Å². The van der Waals surface area contributed by atoms with Gasteiger partial charge in [0.15, 0.2) is 0 Å². The van der Waals surface area contributed by atoms with Gasteiger partial charge in [0.25, 0.3) is 0 Å². The molecule has 160 valence electrons. The summed E-state index contributed by atoms with van der Waals surface area (Å²) >= 11 is 0. The van der Waals surface area contributed by atoms with E-state index in [1.165, 1.54) is 4.90 Å². The van der Waals surface area contributed by atoms with Crippen LogP contribution in [0.1, 0.15) is 52.9 Å². The summed E-state index contributed by atoms with van der Waals surface area (Å²) in [5.74, 6) is 0.443. The number of benzene rings is 1. The highest BCUT2D eigenvalue weighted by molar-refractivity contribution is 6.05. The quantitative estimate of drug-likeness (QED) is 0.612. The number of imide groups is 1. The van der Waals surface area contributed by atoms with Crippen LogP contribution >= 0.6 is 0 Å². The van der Waals surface area contributed by atoms with Crippen molar-refractivity contribution in [1.29, 1.82) is 0 Å². The van der Waals surface area contributed by atoms with Crippen molar-refractivity contribution < 1.29 is 23.9 Å². The first-order chi connectivity index (χ1) is 13.7. The zero-order valence-corrected chi connectivity index (χ0v) is 17.5. The summed E-state index contributed by atoms with van der Waals surface area (Å²) < 4.78 is 11.0. The van der Waals surface area contributed by atoms with Gasteiger partial charge in [-0.2, -0.15) is 0 Å². The summed E-state index contributed by atoms with van der Waals surface area (Å²) in [7, 11) is 0. The Hall–Kier alpha value is -2.77. The Kier molecular flexibility index (Phi) is 8.30. The number of nitrogens with one attached hydrogen (secondary N) is 2. The predicted molar refractivity (Wildman–Crippen MR) is 110 cm³/mol. The van der Waals surface area contributed by atoms with Crippen LogP contribution in [0.2, 0.25) is 0 Å². The maximum atomic E-state index is 11.9. The standard InChI is InChI=1S/C21H31N3O5/c1-21(2,3)29-20(27)22-12-6-4-5-7-14-28-17-10-8-9-16(15-17)24-13-11-18(25)23-19(24)26/h8-10,15H,4-7,11-14H2,1-3H3,(H,22,27)(H,23,25,26). The van der Waals surface area contributed by atoms with Gasteiger partial charge in [0.05, 0.1) is 6.61 Å². The minimum Gasteiger partial charge on any atom is -0.494 e. The van der Waals surface area contributed by atoms with Crippen LogP contribution in [0.3, 0.4) is 0 Å². The van der Waals surface area contributed by atoms with E-state index < -0.39 is 11.6 Å². The molecule has 8 nitrogen and oxygen atoms in total. The lowest BCUT2D eigenvalue weighted by atomic mass is 10.2. The zero-order chi connectivity index (χ0) is 21.3. The van der Waals surface area contributed by atoms with E-state index in [2.05, 4.69) is 10.6 Å². The molecular formula is C21H31N3O5. The van der Waals surface area contributed by atoms with Crippen LogP contribution < -0.4 is 20.3 Å². The summed E-state index contributed by atoms with van der Waals surface area (Å²) in [4.78, 5) is 36.3. The van der Waals surface area contributed by atoms with Gasteiger partial charge in [-0.3, -0.25) is 15.0 Å². The third kappa shape index (κ3) is 8.41. The van der Waals surface area contributed by atoms with Gasteiger partial charge in [-0.1, -0.05) is 18.9 Å². The lowest BCUT2D eigenvalue weighted by molar-refractivity contribution is -0.120. The van der Waals surface area contributed by atoms with Crippen molar-refractivity contribution in [3.8, 4) is 5.75 Å². The molecule has 2 N–H and O–H groups in total. The van der Waals surface area contributed by atoms with Gasteiger partial charge in [-0.15, -0.1) is 0 Å². The summed E-state index contributed by atoms with van der Waals surface area (Å²) in [5.41, 5.74) is 0.231. The van der Waals surface area contributed by atoms with Gasteiger partial charge in [0, 0.05) is 31.3 Å². The number of ether oxygens (including phenoxy) is 2. The molecule has 0 radical (unpaired) electrons. The SMILES string of the molecule is CC(C)(C)OC(=O)NCCCCCCOc1cccc(N2CCC(=O)NC2=O)c1. The molecule has 1 aliphatic rings. The maximum absolute atomic E-state index is 11.9. The van der Waals surface area contributed by atoms with Crippen LogP contribution in [-0.4, -0.2) is 43.3 Å². The minimum absolute atomic E-state index is 0.250. The van der Waals surface area contributed by atoms with Crippen molar-refractivity contribution in [2.45, 2.75) is 58.5 Å². The Labute approximate surface area is 171 Å². The van der Waals surface area contributed by atoms with Gasteiger partial charge in [-0.05, 0) is 45.7 Å². The van der Waals surface area contributed by atoms with Crippen LogP contribution in [0, 0.1) is 0 Å². The molecule has 0 saturated carbocycles. The average molecular weight is 405 g/mol. The molecule has 0 spiro atoms. The van der Waals surface area contributed by atoms with E-state index in [9.17, 15) is 14.4 Å². The van der Waals surface area contributed by atoms with E-state index in [0.29, 0.717) is 37.6 Å². The fourth-order valence-corrected chi connectivity index (χ4v) is 2.83. The Morgan fingerprint density at radius 3 is 2.66 bits per heavy atom. The molecule has 1 saturated heterocycles. The zero-order valence-electron chi connectivity index (χ0n) is 17.5. The fourth-order valence-electron chi connectivity index (χ4n) is 2.83. The molecule has 29 heavy (non-hydrogen) atoms. The van der Waals surface area contributed by atoms with E-state index in [1.807, 2.05) is 39.0 Å². The van der Waals surface area contributed by atoms with Crippen molar-refractivity contribution in [2.24, 2.45) is 0 Å². The minimum atomic E-state index is -0.478. The number of nitrogens with zero attached hydrogens (tertiary/aromatic N) is 1. The number of hydrogen-bond donors (Lipinski definition) is 2. The Balaban J connectivity index is 1.61. The molecule has 1 aliphatic heterocycles. The van der Waals surface area contributed by atoms with Gasteiger partial charge in [-0.25, -0.2) is 9.59 Å². The Bertz CT molecular complexity index is 715. The molecule has 1 heterocycles. The molecule has 1 fully saturated rings. The molecule has 4 amide bonds. The summed E-state index contributed by atoms with van der Waals surface area (Å²) in [6, 6.07) is 6.90. The highest BCUT2D eigenvalue weighted by atomic mass is 16.6. The summed E-state index contributed by atoms with van der Waals surface area (Å²) in [6.07, 6.45) is 3.67. The number of amides is 4. The number of carbonyl (C=O) groups is 3. The predicted octanol–water partition coefficient (Wildman–Crippen LogP) is 3.60. The Morgan fingerprint density at radius 1 is 1.17 bits per heavy atom. The van der Waals surface area contributed by atoms with Crippen molar-refractivity contribution in [2.75, 3.05) is 24.6 Å². The normalized spacial score (nSPS) is 14.4. The van der Waals surface area contributed by atoms with Gasteiger partial charge in [0.2, 0.25) is 5.91 Å². The van der Waals surface area contributed by atoms with Crippen LogP contribution in [0.25, 0.3) is 0 Å².